The lowest BCUT2D eigenvalue weighted by Gasteiger charge is -2.08. The molecule has 0 fully saturated rings. The van der Waals surface area contributed by atoms with E-state index in [9.17, 15) is 9.18 Å². The highest BCUT2D eigenvalue weighted by molar-refractivity contribution is 6.31. The van der Waals surface area contributed by atoms with Gasteiger partial charge in [-0.1, -0.05) is 41.9 Å². The molecule has 3 aromatic carbocycles. The second-order valence-electron chi connectivity index (χ2n) is 6.14. The Bertz CT molecular complexity index is 1140. The minimum atomic E-state index is -0.617. The maximum Gasteiger partial charge on any atom is 0.338 e. The average molecular weight is 409 g/mol. The number of nitrogens with zero attached hydrogens (tertiary/aromatic N) is 2. The Kier molecular flexibility index (Phi) is 5.35. The van der Waals surface area contributed by atoms with Crippen molar-refractivity contribution in [2.75, 3.05) is 0 Å². The topological polar surface area (TPSA) is 65.2 Å². The van der Waals surface area contributed by atoms with Crippen LogP contribution in [0, 0.1) is 5.82 Å². The van der Waals surface area contributed by atoms with Crippen LogP contribution < -0.4 is 0 Å². The summed E-state index contributed by atoms with van der Waals surface area (Å²) in [5.74, 6) is -0.495. The Morgan fingerprint density at radius 1 is 0.931 bits per heavy atom. The van der Waals surface area contributed by atoms with E-state index in [1.165, 1.54) is 18.2 Å². The molecule has 0 bridgehead atoms. The van der Waals surface area contributed by atoms with Crippen LogP contribution in [0.5, 0.6) is 0 Å². The van der Waals surface area contributed by atoms with Crippen LogP contribution in [0.15, 0.2) is 77.2 Å². The maximum atomic E-state index is 13.8. The van der Waals surface area contributed by atoms with E-state index in [2.05, 4.69) is 10.2 Å². The van der Waals surface area contributed by atoms with E-state index in [-0.39, 0.29) is 28.6 Å². The summed E-state index contributed by atoms with van der Waals surface area (Å²) >= 11 is 5.96. The first-order valence-corrected chi connectivity index (χ1v) is 9.09. The standard InChI is InChI=1S/C22H14ClFN2O3/c23-18-10-5-11-19(24)17(18)13-28-22(27)16-9-4-8-15(12-16)21-26-25-20(29-21)14-6-2-1-3-7-14/h1-12H,13H2. The zero-order valence-corrected chi connectivity index (χ0v) is 15.8. The minimum Gasteiger partial charge on any atom is -0.457 e. The monoisotopic (exact) mass is 408 g/mol. The zero-order valence-electron chi connectivity index (χ0n) is 15.0. The van der Waals surface area contributed by atoms with Gasteiger partial charge in [-0.15, -0.1) is 10.2 Å². The predicted molar refractivity (Wildman–Crippen MR) is 106 cm³/mol. The molecule has 0 spiro atoms. The quantitative estimate of drug-likeness (QED) is 0.405. The van der Waals surface area contributed by atoms with E-state index < -0.39 is 11.8 Å². The van der Waals surface area contributed by atoms with Gasteiger partial charge in [0.1, 0.15) is 12.4 Å². The molecule has 0 atom stereocenters. The van der Waals surface area contributed by atoms with Crippen molar-refractivity contribution < 1.29 is 18.3 Å². The van der Waals surface area contributed by atoms with Gasteiger partial charge in [-0.25, -0.2) is 9.18 Å². The highest BCUT2D eigenvalue weighted by Crippen LogP contribution is 2.25. The SMILES string of the molecule is O=C(OCc1c(F)cccc1Cl)c1cccc(-c2nnc(-c3ccccc3)o2)c1. The van der Waals surface area contributed by atoms with Crippen LogP contribution in [-0.4, -0.2) is 16.2 Å². The summed E-state index contributed by atoms with van der Waals surface area (Å²) < 4.78 is 24.7. The Morgan fingerprint density at radius 2 is 1.62 bits per heavy atom. The number of hydrogen-bond donors (Lipinski definition) is 0. The first kappa shape index (κ1) is 18.8. The molecule has 4 rings (SSSR count). The molecule has 0 saturated heterocycles. The zero-order chi connectivity index (χ0) is 20.2. The van der Waals surface area contributed by atoms with Crippen molar-refractivity contribution in [3.63, 3.8) is 0 Å². The summed E-state index contributed by atoms with van der Waals surface area (Å²) in [5.41, 5.74) is 1.76. The lowest BCUT2D eigenvalue weighted by molar-refractivity contribution is 0.0469. The number of carbonyl (C=O) groups excluding carboxylic acids is 1. The van der Waals surface area contributed by atoms with Crippen molar-refractivity contribution >= 4 is 17.6 Å². The van der Waals surface area contributed by atoms with Crippen LogP contribution >= 0.6 is 11.6 Å². The number of hydrogen-bond acceptors (Lipinski definition) is 5. The fourth-order valence-electron chi connectivity index (χ4n) is 2.71. The summed E-state index contributed by atoms with van der Waals surface area (Å²) in [6.45, 7) is -0.271. The van der Waals surface area contributed by atoms with Crippen molar-refractivity contribution in [3.8, 4) is 22.9 Å². The van der Waals surface area contributed by atoms with Crippen molar-refractivity contribution in [2.45, 2.75) is 6.61 Å². The Hall–Kier alpha value is -3.51. The number of esters is 1. The molecule has 0 aliphatic heterocycles. The van der Waals surface area contributed by atoms with E-state index in [4.69, 9.17) is 20.8 Å². The lowest BCUT2D eigenvalue weighted by Crippen LogP contribution is -2.06. The first-order chi connectivity index (χ1) is 14.1. The molecule has 5 nitrogen and oxygen atoms in total. The molecular weight excluding hydrogens is 395 g/mol. The van der Waals surface area contributed by atoms with Crippen molar-refractivity contribution in [1.29, 1.82) is 0 Å². The minimum absolute atomic E-state index is 0.128. The van der Waals surface area contributed by atoms with Crippen molar-refractivity contribution in [2.24, 2.45) is 0 Å². The van der Waals surface area contributed by atoms with Crippen LogP contribution in [0.1, 0.15) is 15.9 Å². The van der Waals surface area contributed by atoms with Crippen LogP contribution in [0.4, 0.5) is 4.39 Å². The molecule has 0 saturated carbocycles. The van der Waals surface area contributed by atoms with Crippen LogP contribution in [-0.2, 0) is 11.3 Å². The van der Waals surface area contributed by atoms with Crippen LogP contribution in [0.25, 0.3) is 22.9 Å². The summed E-state index contributed by atoms with van der Waals surface area (Å²) in [6, 6.07) is 20.2. The summed E-state index contributed by atoms with van der Waals surface area (Å²) in [6.07, 6.45) is 0. The van der Waals surface area contributed by atoms with Crippen molar-refractivity contribution in [3.05, 3.63) is 94.8 Å². The molecule has 0 N–H and O–H groups in total. The molecule has 7 heteroatoms. The van der Waals surface area contributed by atoms with E-state index in [0.29, 0.717) is 11.5 Å². The van der Waals surface area contributed by atoms with Gasteiger partial charge in [0.05, 0.1) is 10.6 Å². The maximum absolute atomic E-state index is 13.8. The molecule has 144 valence electrons. The van der Waals surface area contributed by atoms with Gasteiger partial charge in [0.2, 0.25) is 11.8 Å². The highest BCUT2D eigenvalue weighted by atomic mass is 35.5. The molecule has 0 aliphatic carbocycles. The molecule has 1 aromatic heterocycles. The highest BCUT2D eigenvalue weighted by Gasteiger charge is 2.15. The Balaban J connectivity index is 1.52. The van der Waals surface area contributed by atoms with E-state index in [1.807, 2.05) is 30.3 Å². The number of halogens is 2. The van der Waals surface area contributed by atoms with Gasteiger partial charge in [0.25, 0.3) is 0 Å². The largest absolute Gasteiger partial charge is 0.457 e. The molecule has 0 aliphatic rings. The molecule has 0 radical (unpaired) electrons. The van der Waals surface area contributed by atoms with Gasteiger partial charge in [0, 0.05) is 16.7 Å². The summed E-state index contributed by atoms with van der Waals surface area (Å²) in [4.78, 5) is 12.4. The number of rotatable bonds is 5. The van der Waals surface area contributed by atoms with Gasteiger partial charge in [-0.05, 0) is 42.5 Å². The van der Waals surface area contributed by atoms with Gasteiger partial charge >= 0.3 is 5.97 Å². The molecule has 0 amide bonds. The first-order valence-electron chi connectivity index (χ1n) is 8.71. The molecule has 4 aromatic rings. The third-order valence-corrected chi connectivity index (χ3v) is 4.55. The number of ether oxygens (including phenoxy) is 1. The smallest absolute Gasteiger partial charge is 0.338 e. The molecule has 1 heterocycles. The summed E-state index contributed by atoms with van der Waals surface area (Å²) in [7, 11) is 0. The second kappa shape index (κ2) is 8.24. The van der Waals surface area contributed by atoms with E-state index in [0.717, 1.165) is 5.56 Å². The van der Waals surface area contributed by atoms with E-state index in [1.54, 1.807) is 24.3 Å². The van der Waals surface area contributed by atoms with Crippen molar-refractivity contribution in [1.82, 2.24) is 10.2 Å². The van der Waals surface area contributed by atoms with Crippen LogP contribution in [0.3, 0.4) is 0 Å². The predicted octanol–water partition coefficient (Wildman–Crippen LogP) is 5.55. The van der Waals surface area contributed by atoms with Gasteiger partial charge < -0.3 is 9.15 Å². The second-order valence-corrected chi connectivity index (χ2v) is 6.54. The number of benzene rings is 3. The lowest BCUT2D eigenvalue weighted by atomic mass is 10.1. The molecular formula is C22H14ClFN2O3. The van der Waals surface area contributed by atoms with Crippen LogP contribution in [0.2, 0.25) is 5.02 Å². The van der Waals surface area contributed by atoms with E-state index >= 15 is 0 Å². The fraction of sp³-hybridized carbons (Fsp3) is 0.0455. The Labute approximate surface area is 170 Å². The van der Waals surface area contributed by atoms with Gasteiger partial charge in [-0.3, -0.25) is 0 Å². The third kappa shape index (κ3) is 4.17. The molecule has 0 unspecified atom stereocenters. The van der Waals surface area contributed by atoms with Gasteiger partial charge in [-0.2, -0.15) is 0 Å². The average Bonchev–Trinajstić information content (AvgIpc) is 3.24. The Morgan fingerprint density at radius 3 is 2.38 bits per heavy atom. The molecule has 29 heavy (non-hydrogen) atoms. The number of aromatic nitrogens is 2. The summed E-state index contributed by atoms with van der Waals surface area (Å²) in [5, 5.41) is 8.29. The van der Waals surface area contributed by atoms with Gasteiger partial charge in [0.15, 0.2) is 0 Å². The third-order valence-electron chi connectivity index (χ3n) is 4.20. The number of carbonyl (C=O) groups is 1. The normalized spacial score (nSPS) is 10.7. The fourth-order valence-corrected chi connectivity index (χ4v) is 2.93.